The fourth-order valence-corrected chi connectivity index (χ4v) is 1.14. The molecule has 0 aliphatic rings. The van der Waals surface area contributed by atoms with Gasteiger partial charge < -0.3 is 4.90 Å². The van der Waals surface area contributed by atoms with E-state index in [0.29, 0.717) is 4.88 Å². The van der Waals surface area contributed by atoms with E-state index in [1.54, 1.807) is 7.05 Å². The predicted octanol–water partition coefficient (Wildman–Crippen LogP) is 0.134. The Hall–Kier alpha value is -1.48. The minimum absolute atomic E-state index is 0.0801. The minimum atomic E-state index is -0.216. The number of nitriles is 1. The maximum Gasteiger partial charge on any atom is 0.267 e. The van der Waals surface area contributed by atoms with Crippen LogP contribution >= 0.6 is 11.5 Å². The van der Waals surface area contributed by atoms with Crippen LogP contribution in [0.15, 0.2) is 6.20 Å². The van der Waals surface area contributed by atoms with E-state index in [4.69, 9.17) is 5.26 Å². The first-order valence-corrected chi connectivity index (χ1v) is 3.93. The molecule has 0 radical (unpaired) electrons. The highest BCUT2D eigenvalue weighted by atomic mass is 32.1. The number of carbonyl (C=O) groups is 1. The van der Waals surface area contributed by atoms with E-state index in [0.717, 1.165) is 11.5 Å². The maximum atomic E-state index is 11.3. The molecule has 0 spiro atoms. The smallest absolute Gasteiger partial charge is 0.267 e. The minimum Gasteiger partial charge on any atom is -0.328 e. The van der Waals surface area contributed by atoms with E-state index < -0.39 is 0 Å². The Balaban J connectivity index is 2.67. The van der Waals surface area contributed by atoms with Crippen molar-refractivity contribution in [1.29, 1.82) is 5.26 Å². The lowest BCUT2D eigenvalue weighted by Crippen LogP contribution is -2.26. The molecule has 0 saturated carbocycles. The van der Waals surface area contributed by atoms with Crippen molar-refractivity contribution in [1.82, 2.24) is 14.5 Å². The van der Waals surface area contributed by atoms with E-state index in [2.05, 4.69) is 9.59 Å². The van der Waals surface area contributed by atoms with Gasteiger partial charge in [-0.05, 0) is 11.5 Å². The van der Waals surface area contributed by atoms with E-state index in [1.807, 2.05) is 6.07 Å². The zero-order valence-electron chi connectivity index (χ0n) is 6.39. The summed E-state index contributed by atoms with van der Waals surface area (Å²) >= 11 is 1.02. The van der Waals surface area contributed by atoms with Crippen molar-refractivity contribution in [3.8, 4) is 6.07 Å². The Labute approximate surface area is 73.4 Å². The number of carbonyl (C=O) groups excluding carboxylic acids is 1. The lowest BCUT2D eigenvalue weighted by molar-refractivity contribution is 0.0816. The zero-order valence-corrected chi connectivity index (χ0v) is 7.21. The molecule has 1 amide bonds. The molecule has 0 aliphatic carbocycles. The van der Waals surface area contributed by atoms with Crippen LogP contribution in [-0.2, 0) is 0 Å². The first kappa shape index (κ1) is 8.62. The third-order valence-corrected chi connectivity index (χ3v) is 1.88. The number of hydrogen-bond donors (Lipinski definition) is 0. The monoisotopic (exact) mass is 182 g/mol. The Morgan fingerprint density at radius 3 is 3.17 bits per heavy atom. The molecule has 0 bridgehead atoms. The molecule has 6 heteroatoms. The Kier molecular flexibility index (Phi) is 2.71. The van der Waals surface area contributed by atoms with Gasteiger partial charge in [-0.3, -0.25) is 4.79 Å². The van der Waals surface area contributed by atoms with Gasteiger partial charge in [0.1, 0.15) is 11.4 Å². The normalized spacial score (nSPS) is 9.00. The van der Waals surface area contributed by atoms with Crippen LogP contribution in [0.4, 0.5) is 0 Å². The van der Waals surface area contributed by atoms with Gasteiger partial charge in [-0.2, -0.15) is 5.26 Å². The van der Waals surface area contributed by atoms with E-state index in [9.17, 15) is 4.79 Å². The SMILES string of the molecule is CN(CC#N)C(=O)c1cnns1. The van der Waals surface area contributed by atoms with Crippen molar-refractivity contribution in [2.24, 2.45) is 0 Å². The van der Waals surface area contributed by atoms with Crippen molar-refractivity contribution >= 4 is 17.4 Å². The fourth-order valence-electron chi connectivity index (χ4n) is 0.627. The summed E-state index contributed by atoms with van der Waals surface area (Å²) in [6, 6.07) is 1.88. The molecule has 0 saturated heterocycles. The van der Waals surface area contributed by atoms with Gasteiger partial charge in [0.05, 0.1) is 12.3 Å². The van der Waals surface area contributed by atoms with Crippen LogP contribution in [0.1, 0.15) is 9.67 Å². The molecular formula is C6H6N4OS. The van der Waals surface area contributed by atoms with Gasteiger partial charge in [0, 0.05) is 7.05 Å². The summed E-state index contributed by atoms with van der Waals surface area (Å²) in [5.41, 5.74) is 0. The number of nitrogens with zero attached hydrogens (tertiary/aromatic N) is 4. The molecule has 0 unspecified atom stereocenters. The first-order chi connectivity index (χ1) is 5.75. The Morgan fingerprint density at radius 2 is 2.67 bits per heavy atom. The fraction of sp³-hybridized carbons (Fsp3) is 0.333. The van der Waals surface area contributed by atoms with Gasteiger partial charge in [-0.25, -0.2) is 0 Å². The first-order valence-electron chi connectivity index (χ1n) is 3.15. The summed E-state index contributed by atoms with van der Waals surface area (Å²) in [5, 5.41) is 11.8. The third kappa shape index (κ3) is 1.77. The van der Waals surface area contributed by atoms with Crippen molar-refractivity contribution in [2.45, 2.75) is 0 Å². The van der Waals surface area contributed by atoms with Crippen molar-refractivity contribution < 1.29 is 4.79 Å². The van der Waals surface area contributed by atoms with E-state index in [1.165, 1.54) is 11.1 Å². The van der Waals surface area contributed by atoms with Crippen LogP contribution in [0.5, 0.6) is 0 Å². The summed E-state index contributed by atoms with van der Waals surface area (Å²) < 4.78 is 3.55. The van der Waals surface area contributed by atoms with Gasteiger partial charge in [0.2, 0.25) is 0 Å². The Morgan fingerprint density at radius 1 is 1.92 bits per heavy atom. The van der Waals surface area contributed by atoms with Gasteiger partial charge >= 0.3 is 0 Å². The molecule has 0 aliphatic heterocycles. The molecule has 12 heavy (non-hydrogen) atoms. The number of aromatic nitrogens is 2. The highest BCUT2D eigenvalue weighted by Gasteiger charge is 2.12. The second-order valence-electron chi connectivity index (χ2n) is 2.10. The van der Waals surface area contributed by atoms with Crippen molar-refractivity contribution in [2.75, 3.05) is 13.6 Å². The topological polar surface area (TPSA) is 69.9 Å². The molecule has 0 aromatic carbocycles. The second kappa shape index (κ2) is 3.78. The molecule has 0 N–H and O–H groups in total. The molecule has 5 nitrogen and oxygen atoms in total. The molecule has 0 fully saturated rings. The van der Waals surface area contributed by atoms with Crippen LogP contribution in [0.25, 0.3) is 0 Å². The summed E-state index contributed by atoms with van der Waals surface area (Å²) in [6.45, 7) is 0.0801. The van der Waals surface area contributed by atoms with Crippen LogP contribution in [0.2, 0.25) is 0 Å². The summed E-state index contributed by atoms with van der Waals surface area (Å²) in [6.07, 6.45) is 1.39. The highest BCUT2D eigenvalue weighted by molar-refractivity contribution is 7.07. The largest absolute Gasteiger partial charge is 0.328 e. The maximum absolute atomic E-state index is 11.3. The zero-order chi connectivity index (χ0) is 8.97. The molecule has 62 valence electrons. The Bertz CT molecular complexity index is 302. The van der Waals surface area contributed by atoms with Crippen molar-refractivity contribution in [3.05, 3.63) is 11.1 Å². The summed E-state index contributed by atoms with van der Waals surface area (Å²) in [4.78, 5) is 13.1. The van der Waals surface area contributed by atoms with Gasteiger partial charge in [0.25, 0.3) is 5.91 Å². The molecule has 1 heterocycles. The number of rotatable bonds is 2. The number of amides is 1. The lowest BCUT2D eigenvalue weighted by atomic mass is 10.4. The molecule has 1 aromatic rings. The standard InChI is InChI=1S/C6H6N4OS/c1-10(3-2-7)6(11)5-4-8-9-12-5/h4H,3H2,1H3. The third-order valence-electron chi connectivity index (χ3n) is 1.23. The van der Waals surface area contributed by atoms with E-state index in [-0.39, 0.29) is 12.5 Å². The van der Waals surface area contributed by atoms with Gasteiger partial charge in [-0.15, -0.1) is 5.10 Å². The quantitative estimate of drug-likeness (QED) is 0.610. The second-order valence-corrected chi connectivity index (χ2v) is 2.89. The van der Waals surface area contributed by atoms with E-state index >= 15 is 0 Å². The van der Waals surface area contributed by atoms with Gasteiger partial charge in [0.15, 0.2) is 0 Å². The molecule has 1 aromatic heterocycles. The highest BCUT2D eigenvalue weighted by Crippen LogP contribution is 2.04. The van der Waals surface area contributed by atoms with Crippen molar-refractivity contribution in [3.63, 3.8) is 0 Å². The summed E-state index contributed by atoms with van der Waals surface area (Å²) in [5.74, 6) is -0.216. The van der Waals surface area contributed by atoms with Gasteiger partial charge in [-0.1, -0.05) is 4.49 Å². The summed E-state index contributed by atoms with van der Waals surface area (Å²) in [7, 11) is 1.56. The average Bonchev–Trinajstić information content (AvgIpc) is 2.55. The molecule has 0 atom stereocenters. The number of hydrogen-bond acceptors (Lipinski definition) is 5. The van der Waals surface area contributed by atoms with Crippen LogP contribution in [0.3, 0.4) is 0 Å². The van der Waals surface area contributed by atoms with Crippen LogP contribution in [0, 0.1) is 11.3 Å². The average molecular weight is 182 g/mol. The lowest BCUT2D eigenvalue weighted by Gasteiger charge is -2.09. The predicted molar refractivity (Wildman–Crippen MR) is 42.5 cm³/mol. The molecular weight excluding hydrogens is 176 g/mol. The molecule has 1 rings (SSSR count). The van der Waals surface area contributed by atoms with Crippen LogP contribution < -0.4 is 0 Å². The van der Waals surface area contributed by atoms with Crippen LogP contribution in [-0.4, -0.2) is 34.0 Å².